The third kappa shape index (κ3) is 1.73. The molecule has 0 saturated carbocycles. The average Bonchev–Trinajstić information content (AvgIpc) is 2.70. The molecule has 0 bridgehead atoms. The number of aromatic nitrogens is 2. The van der Waals surface area contributed by atoms with Crippen molar-refractivity contribution in [2.45, 2.75) is 26.8 Å². The van der Waals surface area contributed by atoms with Crippen molar-refractivity contribution in [3.8, 4) is 10.6 Å². The Morgan fingerprint density at radius 3 is 2.71 bits per heavy atom. The summed E-state index contributed by atoms with van der Waals surface area (Å²) in [5.74, 6) is 0. The van der Waals surface area contributed by atoms with Gasteiger partial charge in [-0.1, -0.05) is 0 Å². The van der Waals surface area contributed by atoms with Crippen LogP contribution in [0, 0.1) is 6.92 Å². The van der Waals surface area contributed by atoms with Crippen LogP contribution in [0.5, 0.6) is 0 Å². The highest BCUT2D eigenvalue weighted by Gasteiger charge is 2.05. The van der Waals surface area contributed by atoms with Gasteiger partial charge in [0.25, 0.3) is 0 Å². The van der Waals surface area contributed by atoms with Crippen LogP contribution in [0.3, 0.4) is 0 Å². The summed E-state index contributed by atoms with van der Waals surface area (Å²) in [5.41, 5.74) is 2.39. The second-order valence-electron chi connectivity index (χ2n) is 3.76. The largest absolute Gasteiger partial charge is 0.270 e. The summed E-state index contributed by atoms with van der Waals surface area (Å²) in [4.78, 5) is 1.25. The van der Waals surface area contributed by atoms with Gasteiger partial charge in [0.2, 0.25) is 0 Å². The Balaban J connectivity index is 2.33. The van der Waals surface area contributed by atoms with Crippen molar-refractivity contribution < 1.29 is 0 Å². The molecule has 2 nitrogen and oxygen atoms in total. The molecule has 0 aliphatic heterocycles. The van der Waals surface area contributed by atoms with E-state index in [0.717, 1.165) is 5.69 Å². The van der Waals surface area contributed by atoms with Crippen molar-refractivity contribution in [2.75, 3.05) is 0 Å². The van der Waals surface area contributed by atoms with Crippen LogP contribution in [0.15, 0.2) is 23.7 Å². The lowest BCUT2D eigenvalue weighted by atomic mass is 10.3. The highest BCUT2D eigenvalue weighted by atomic mass is 32.1. The summed E-state index contributed by atoms with van der Waals surface area (Å²) in [6, 6.07) is 4.69. The van der Waals surface area contributed by atoms with Gasteiger partial charge < -0.3 is 0 Å². The third-order valence-electron chi connectivity index (χ3n) is 2.12. The predicted molar refractivity (Wildman–Crippen MR) is 60.7 cm³/mol. The smallest absolute Gasteiger partial charge is 0.102 e. The lowest BCUT2D eigenvalue weighted by Crippen LogP contribution is -2.00. The van der Waals surface area contributed by atoms with E-state index in [9.17, 15) is 0 Å². The van der Waals surface area contributed by atoms with Crippen LogP contribution in [0.2, 0.25) is 0 Å². The number of hydrogen-bond acceptors (Lipinski definition) is 2. The molecule has 0 aromatic carbocycles. The predicted octanol–water partition coefficient (Wildman–Crippen LogP) is 3.50. The quantitative estimate of drug-likeness (QED) is 0.735. The number of thiophene rings is 1. The van der Waals surface area contributed by atoms with E-state index in [1.165, 1.54) is 10.4 Å². The Bertz CT molecular complexity index is 426. The first-order chi connectivity index (χ1) is 6.66. The molecule has 2 rings (SSSR count). The minimum Gasteiger partial charge on any atom is -0.270 e. The topological polar surface area (TPSA) is 17.8 Å². The maximum Gasteiger partial charge on any atom is 0.102 e. The van der Waals surface area contributed by atoms with Gasteiger partial charge in [-0.25, -0.2) is 0 Å². The molecule has 0 aliphatic rings. The maximum absolute atomic E-state index is 4.52. The molecule has 0 aliphatic carbocycles. The van der Waals surface area contributed by atoms with E-state index in [4.69, 9.17) is 0 Å². The summed E-state index contributed by atoms with van der Waals surface area (Å²) in [7, 11) is 0. The minimum absolute atomic E-state index is 0.435. The monoisotopic (exact) mass is 206 g/mol. The zero-order valence-corrected chi connectivity index (χ0v) is 9.51. The summed E-state index contributed by atoms with van der Waals surface area (Å²) in [6.07, 6.45) is 2.04. The Labute approximate surface area is 88.2 Å². The lowest BCUT2D eigenvalue weighted by molar-refractivity contribution is 0.534. The zero-order chi connectivity index (χ0) is 10.1. The molecule has 3 heteroatoms. The van der Waals surface area contributed by atoms with Crippen molar-refractivity contribution in [2.24, 2.45) is 0 Å². The Hall–Kier alpha value is -1.09. The average molecular weight is 206 g/mol. The van der Waals surface area contributed by atoms with Crippen LogP contribution in [0.25, 0.3) is 10.6 Å². The van der Waals surface area contributed by atoms with Crippen molar-refractivity contribution in [3.05, 3.63) is 29.3 Å². The molecular formula is C11H14N2S. The lowest BCUT2D eigenvalue weighted by Gasteiger charge is -2.02. The van der Waals surface area contributed by atoms with Crippen LogP contribution in [-0.2, 0) is 0 Å². The van der Waals surface area contributed by atoms with Gasteiger partial charge in [-0.2, -0.15) is 5.10 Å². The fraction of sp³-hybridized carbons (Fsp3) is 0.364. The molecular weight excluding hydrogens is 192 g/mol. The summed E-state index contributed by atoms with van der Waals surface area (Å²) in [6.45, 7) is 6.38. The Morgan fingerprint density at radius 2 is 2.21 bits per heavy atom. The van der Waals surface area contributed by atoms with Gasteiger partial charge in [-0.15, -0.1) is 11.3 Å². The fourth-order valence-corrected chi connectivity index (χ4v) is 2.19. The van der Waals surface area contributed by atoms with Crippen molar-refractivity contribution in [3.63, 3.8) is 0 Å². The number of hydrogen-bond donors (Lipinski definition) is 0. The molecule has 0 amide bonds. The van der Waals surface area contributed by atoms with E-state index in [2.05, 4.69) is 43.4 Å². The Morgan fingerprint density at radius 1 is 1.43 bits per heavy atom. The van der Waals surface area contributed by atoms with Gasteiger partial charge >= 0.3 is 0 Å². The molecule has 0 fully saturated rings. The van der Waals surface area contributed by atoms with Crippen LogP contribution < -0.4 is 0 Å². The highest BCUT2D eigenvalue weighted by Crippen LogP contribution is 2.25. The molecule has 0 radical (unpaired) electrons. The van der Waals surface area contributed by atoms with Gasteiger partial charge in [0, 0.05) is 12.2 Å². The van der Waals surface area contributed by atoms with Crippen LogP contribution >= 0.6 is 11.3 Å². The first-order valence-corrected chi connectivity index (χ1v) is 5.65. The van der Waals surface area contributed by atoms with Gasteiger partial charge in [-0.05, 0) is 43.8 Å². The third-order valence-corrected chi connectivity index (χ3v) is 3.19. The van der Waals surface area contributed by atoms with Gasteiger partial charge in [-0.3, -0.25) is 4.68 Å². The minimum atomic E-state index is 0.435. The van der Waals surface area contributed by atoms with Gasteiger partial charge in [0.05, 0.1) is 4.88 Å². The maximum atomic E-state index is 4.52. The van der Waals surface area contributed by atoms with Crippen molar-refractivity contribution in [1.29, 1.82) is 0 Å². The van der Waals surface area contributed by atoms with Crippen molar-refractivity contribution >= 4 is 11.3 Å². The molecule has 0 spiro atoms. The molecule has 74 valence electrons. The molecule has 0 atom stereocenters. The van der Waals surface area contributed by atoms with Gasteiger partial charge in [0.15, 0.2) is 0 Å². The second-order valence-corrected chi connectivity index (χ2v) is 4.67. The van der Waals surface area contributed by atoms with E-state index < -0.39 is 0 Å². The summed E-state index contributed by atoms with van der Waals surface area (Å²) in [5, 5.41) is 6.68. The number of aryl methyl sites for hydroxylation is 1. The molecule has 14 heavy (non-hydrogen) atoms. The molecule has 0 saturated heterocycles. The van der Waals surface area contributed by atoms with Crippen LogP contribution in [-0.4, -0.2) is 9.78 Å². The van der Waals surface area contributed by atoms with Crippen molar-refractivity contribution in [1.82, 2.24) is 9.78 Å². The zero-order valence-electron chi connectivity index (χ0n) is 8.69. The second kappa shape index (κ2) is 3.58. The number of rotatable bonds is 2. The van der Waals surface area contributed by atoms with E-state index in [1.807, 2.05) is 10.9 Å². The first kappa shape index (κ1) is 9.46. The summed E-state index contributed by atoms with van der Waals surface area (Å²) >= 11 is 1.75. The van der Waals surface area contributed by atoms with Crippen LogP contribution in [0.4, 0.5) is 0 Å². The molecule has 2 aromatic heterocycles. The molecule has 0 N–H and O–H groups in total. The molecule has 2 heterocycles. The summed E-state index contributed by atoms with van der Waals surface area (Å²) < 4.78 is 1.99. The van der Waals surface area contributed by atoms with E-state index >= 15 is 0 Å². The van der Waals surface area contributed by atoms with Gasteiger partial charge in [0.1, 0.15) is 5.69 Å². The normalized spacial score (nSPS) is 11.1. The Kier molecular flexibility index (Phi) is 2.42. The molecule has 2 aromatic rings. The standard InChI is InChI=1S/C11H14N2S/c1-8(2)13-5-4-10(12-13)11-6-9(3)7-14-11/h4-8H,1-3H3. The SMILES string of the molecule is Cc1csc(-c2ccn(C(C)C)n2)c1. The van der Waals surface area contributed by atoms with Crippen LogP contribution in [0.1, 0.15) is 25.5 Å². The van der Waals surface area contributed by atoms with E-state index in [1.54, 1.807) is 11.3 Å². The fourth-order valence-electron chi connectivity index (χ4n) is 1.32. The number of nitrogens with zero attached hydrogens (tertiary/aromatic N) is 2. The van der Waals surface area contributed by atoms with E-state index in [0.29, 0.717) is 6.04 Å². The molecule has 0 unspecified atom stereocenters. The first-order valence-electron chi connectivity index (χ1n) is 4.77. The van der Waals surface area contributed by atoms with E-state index in [-0.39, 0.29) is 0 Å². The highest BCUT2D eigenvalue weighted by molar-refractivity contribution is 7.13.